The number of nitrogens with zero attached hydrogens (tertiary/aromatic N) is 2. The number of carbonyl (C=O) groups excluding carboxylic acids is 1. The van der Waals surface area contributed by atoms with E-state index in [4.69, 9.17) is 4.99 Å². The second kappa shape index (κ2) is 8.82. The Bertz CT molecular complexity index is 957. The van der Waals surface area contributed by atoms with Crippen molar-refractivity contribution in [3.63, 3.8) is 0 Å². The van der Waals surface area contributed by atoms with Crippen molar-refractivity contribution in [2.24, 2.45) is 28.7 Å². The van der Waals surface area contributed by atoms with Gasteiger partial charge in [-0.15, -0.1) is 0 Å². The Hall–Kier alpha value is -2.46. The van der Waals surface area contributed by atoms with Gasteiger partial charge in [0.2, 0.25) is 5.91 Å². The first-order valence-electron chi connectivity index (χ1n) is 12.2. The van der Waals surface area contributed by atoms with Crippen molar-refractivity contribution < 1.29 is 4.79 Å². The smallest absolute Gasteiger partial charge is 0.248 e. The van der Waals surface area contributed by atoms with Gasteiger partial charge in [0.1, 0.15) is 5.54 Å². The summed E-state index contributed by atoms with van der Waals surface area (Å²) in [6.07, 6.45) is 5.24. The highest BCUT2D eigenvalue weighted by Gasteiger charge is 2.63. The molecule has 5 atom stereocenters. The Morgan fingerprint density at radius 3 is 2.47 bits per heavy atom. The van der Waals surface area contributed by atoms with E-state index in [1.165, 1.54) is 5.56 Å². The lowest BCUT2D eigenvalue weighted by Gasteiger charge is -2.51. The first-order chi connectivity index (χ1) is 15.6. The maximum atomic E-state index is 13.7. The summed E-state index contributed by atoms with van der Waals surface area (Å²) in [7, 11) is 0. The standard InChI is InChI=1S/C28H35N3O/c1-20(2)13-14-25-26-24-17-30-28(25,27(32)29-16-21-9-5-3-6-10-21)15-23(24)19-31(26)18-22-11-7-4-8-12-22/h3-12,17,20,23-26H,13-16,18-19H2,1-2H3,(H,29,32)/t23-,24-,25+,26+,28+/m1/s1. The molecule has 2 fully saturated rings. The quantitative estimate of drug-likeness (QED) is 0.661. The summed E-state index contributed by atoms with van der Waals surface area (Å²) < 4.78 is 0. The number of hydrogen-bond donors (Lipinski definition) is 1. The summed E-state index contributed by atoms with van der Waals surface area (Å²) in [5, 5.41) is 3.26. The summed E-state index contributed by atoms with van der Waals surface area (Å²) in [4.78, 5) is 21.4. The van der Waals surface area contributed by atoms with Crippen LogP contribution in [-0.4, -0.2) is 35.1 Å². The molecule has 2 aromatic carbocycles. The zero-order valence-corrected chi connectivity index (χ0v) is 19.3. The molecule has 1 amide bonds. The van der Waals surface area contributed by atoms with Crippen LogP contribution in [0.2, 0.25) is 0 Å². The van der Waals surface area contributed by atoms with Crippen LogP contribution in [0.5, 0.6) is 0 Å². The number of aliphatic imine (C=N–C) groups is 1. The molecule has 0 radical (unpaired) electrons. The normalized spacial score (nSPS) is 30.7. The van der Waals surface area contributed by atoms with Gasteiger partial charge in [-0.2, -0.15) is 0 Å². The summed E-state index contributed by atoms with van der Waals surface area (Å²) >= 11 is 0. The summed E-state index contributed by atoms with van der Waals surface area (Å²) in [6, 6.07) is 21.4. The molecule has 4 heteroatoms. The first-order valence-corrected chi connectivity index (χ1v) is 12.2. The minimum atomic E-state index is -0.612. The van der Waals surface area contributed by atoms with E-state index in [9.17, 15) is 4.79 Å². The van der Waals surface area contributed by atoms with E-state index in [0.717, 1.165) is 37.9 Å². The zero-order valence-electron chi connectivity index (χ0n) is 19.3. The number of nitrogens with one attached hydrogen (secondary N) is 1. The lowest BCUT2D eigenvalue weighted by Crippen LogP contribution is -2.63. The molecule has 1 aliphatic carbocycles. The van der Waals surface area contributed by atoms with Gasteiger partial charge in [-0.05, 0) is 35.8 Å². The minimum absolute atomic E-state index is 0.126. The first kappa shape index (κ1) is 21.4. The SMILES string of the molecule is CC(C)CC[C@H]1[C@@H]2[C@@H]3C=N[C@@]1(C(=O)NCc1ccccc1)C[C@@H]3CN2Cc1ccccc1. The highest BCUT2D eigenvalue weighted by Crippen LogP contribution is 2.54. The van der Waals surface area contributed by atoms with Gasteiger partial charge < -0.3 is 5.32 Å². The Kier molecular flexibility index (Phi) is 5.90. The predicted molar refractivity (Wildman–Crippen MR) is 129 cm³/mol. The van der Waals surface area contributed by atoms with Crippen molar-refractivity contribution in [1.82, 2.24) is 10.2 Å². The van der Waals surface area contributed by atoms with E-state index in [-0.39, 0.29) is 11.8 Å². The molecule has 1 saturated carbocycles. The third-order valence-electron chi connectivity index (χ3n) is 7.88. The number of carbonyl (C=O) groups is 1. The average molecular weight is 430 g/mol. The molecule has 1 N–H and O–H groups in total. The van der Waals surface area contributed by atoms with Gasteiger partial charge in [0, 0.05) is 43.7 Å². The second-order valence-electron chi connectivity index (χ2n) is 10.4. The minimum Gasteiger partial charge on any atom is -0.350 e. The highest BCUT2D eigenvalue weighted by atomic mass is 16.2. The van der Waals surface area contributed by atoms with Crippen LogP contribution in [0.4, 0.5) is 0 Å². The molecular weight excluding hydrogens is 394 g/mol. The molecule has 3 aliphatic heterocycles. The third kappa shape index (κ3) is 3.90. The molecule has 0 spiro atoms. The largest absolute Gasteiger partial charge is 0.350 e. The van der Waals surface area contributed by atoms with E-state index >= 15 is 0 Å². The number of likely N-dealkylation sites (tertiary alicyclic amines) is 1. The van der Waals surface area contributed by atoms with Gasteiger partial charge in [0.15, 0.2) is 0 Å². The molecule has 32 heavy (non-hydrogen) atoms. The van der Waals surface area contributed by atoms with Crippen LogP contribution in [0.15, 0.2) is 65.7 Å². The molecule has 168 valence electrons. The lowest BCUT2D eigenvalue weighted by molar-refractivity contribution is -0.132. The molecule has 0 unspecified atom stereocenters. The Labute approximate surface area is 192 Å². The highest BCUT2D eigenvalue weighted by molar-refractivity contribution is 5.91. The summed E-state index contributed by atoms with van der Waals surface area (Å²) in [6.45, 7) is 7.17. The van der Waals surface area contributed by atoms with Crippen LogP contribution in [0.3, 0.4) is 0 Å². The van der Waals surface area contributed by atoms with Crippen LogP contribution in [0, 0.1) is 23.7 Å². The van der Waals surface area contributed by atoms with E-state index < -0.39 is 5.54 Å². The summed E-state index contributed by atoms with van der Waals surface area (Å²) in [5.74, 6) is 2.04. The van der Waals surface area contributed by atoms with Crippen molar-refractivity contribution in [1.29, 1.82) is 0 Å². The van der Waals surface area contributed by atoms with Crippen LogP contribution in [0.25, 0.3) is 0 Å². The fourth-order valence-corrected chi connectivity index (χ4v) is 6.36. The van der Waals surface area contributed by atoms with Crippen molar-refractivity contribution >= 4 is 12.1 Å². The predicted octanol–water partition coefficient (Wildman–Crippen LogP) is 4.70. The van der Waals surface area contributed by atoms with E-state index in [1.54, 1.807) is 0 Å². The third-order valence-corrected chi connectivity index (χ3v) is 7.88. The van der Waals surface area contributed by atoms with Crippen LogP contribution >= 0.6 is 0 Å². The molecule has 1 saturated heterocycles. The lowest BCUT2D eigenvalue weighted by atomic mass is 9.59. The number of amides is 1. The van der Waals surface area contributed by atoms with Crippen LogP contribution < -0.4 is 5.32 Å². The Morgan fingerprint density at radius 2 is 1.78 bits per heavy atom. The maximum absolute atomic E-state index is 13.7. The molecular formula is C28H35N3O. The van der Waals surface area contributed by atoms with Crippen molar-refractivity contribution in [3.05, 3.63) is 71.8 Å². The number of hydrogen-bond acceptors (Lipinski definition) is 3. The number of benzene rings is 2. The average Bonchev–Trinajstić information content (AvgIpc) is 3.10. The second-order valence-corrected chi connectivity index (χ2v) is 10.4. The van der Waals surface area contributed by atoms with E-state index in [1.807, 2.05) is 18.2 Å². The van der Waals surface area contributed by atoms with Crippen LogP contribution in [-0.2, 0) is 17.9 Å². The number of rotatable bonds is 8. The van der Waals surface area contributed by atoms with Gasteiger partial charge in [0.05, 0.1) is 0 Å². The molecule has 4 bridgehead atoms. The molecule has 2 aromatic rings. The van der Waals surface area contributed by atoms with Crippen molar-refractivity contribution in [3.8, 4) is 0 Å². The monoisotopic (exact) mass is 429 g/mol. The fraction of sp³-hybridized carbons (Fsp3) is 0.500. The topological polar surface area (TPSA) is 44.7 Å². The fourth-order valence-electron chi connectivity index (χ4n) is 6.36. The van der Waals surface area contributed by atoms with Crippen molar-refractivity contribution in [2.45, 2.75) is 57.8 Å². The molecule has 0 aromatic heterocycles. The van der Waals surface area contributed by atoms with E-state index in [2.05, 4.69) is 72.7 Å². The molecule has 6 rings (SSSR count). The van der Waals surface area contributed by atoms with Gasteiger partial charge >= 0.3 is 0 Å². The Morgan fingerprint density at radius 1 is 1.09 bits per heavy atom. The van der Waals surface area contributed by atoms with Gasteiger partial charge in [0.25, 0.3) is 0 Å². The maximum Gasteiger partial charge on any atom is 0.248 e. The van der Waals surface area contributed by atoms with Gasteiger partial charge in [-0.3, -0.25) is 14.7 Å². The van der Waals surface area contributed by atoms with E-state index in [0.29, 0.717) is 30.3 Å². The van der Waals surface area contributed by atoms with Gasteiger partial charge in [-0.25, -0.2) is 0 Å². The van der Waals surface area contributed by atoms with Crippen LogP contribution in [0.1, 0.15) is 44.2 Å². The zero-order chi connectivity index (χ0) is 22.1. The van der Waals surface area contributed by atoms with Crippen molar-refractivity contribution in [2.75, 3.05) is 6.54 Å². The molecule has 3 heterocycles. The molecule has 4 aliphatic rings. The summed E-state index contributed by atoms with van der Waals surface area (Å²) in [5.41, 5.74) is 1.88. The van der Waals surface area contributed by atoms with Gasteiger partial charge in [-0.1, -0.05) is 80.9 Å². The molecule has 4 nitrogen and oxygen atoms in total. The Balaban J connectivity index is 1.41.